The molecule has 4 nitrogen and oxygen atoms in total. The molecule has 1 fully saturated rings. The predicted octanol–water partition coefficient (Wildman–Crippen LogP) is -0.804. The van der Waals surface area contributed by atoms with Crippen molar-refractivity contribution >= 4 is 5.91 Å². The third-order valence-corrected chi connectivity index (χ3v) is 2.02. The summed E-state index contributed by atoms with van der Waals surface area (Å²) in [6.07, 6.45) is 5.78. The lowest BCUT2D eigenvalue weighted by Gasteiger charge is -2.20. The van der Waals surface area contributed by atoms with Gasteiger partial charge in [-0.05, 0) is 12.3 Å². The molecular weight excluding hydrogens is 168 g/mol. The van der Waals surface area contributed by atoms with Gasteiger partial charge in [0.25, 0.3) is 5.91 Å². The Balaban J connectivity index is 2.54. The number of terminal acetylenes is 1. The number of amides is 1. The number of rotatable bonds is 1. The summed E-state index contributed by atoms with van der Waals surface area (Å²) in [7, 11) is 0. The lowest BCUT2D eigenvalue weighted by atomic mass is 10.3. The molecule has 72 valence electrons. The number of nitrogens with zero attached hydrogens (tertiary/aromatic N) is 1. The van der Waals surface area contributed by atoms with Crippen molar-refractivity contribution in [2.45, 2.75) is 12.5 Å². The quantitative estimate of drug-likeness (QED) is 0.540. The lowest BCUT2D eigenvalue weighted by Crippen LogP contribution is -2.39. The molecular formula is C9H14N2O2. The molecule has 0 bridgehead atoms. The highest BCUT2D eigenvalue weighted by atomic mass is 16.5. The van der Waals surface area contributed by atoms with Crippen LogP contribution in [-0.2, 0) is 9.53 Å². The average Bonchev–Trinajstić information content (AvgIpc) is 2.41. The Hall–Kier alpha value is -1.05. The molecule has 1 unspecified atom stereocenters. The van der Waals surface area contributed by atoms with Crippen molar-refractivity contribution < 1.29 is 9.53 Å². The van der Waals surface area contributed by atoms with Gasteiger partial charge in [-0.1, -0.05) is 0 Å². The van der Waals surface area contributed by atoms with Crippen molar-refractivity contribution in [3.63, 3.8) is 0 Å². The average molecular weight is 182 g/mol. The summed E-state index contributed by atoms with van der Waals surface area (Å²) >= 11 is 0. The molecule has 0 saturated carbocycles. The van der Waals surface area contributed by atoms with Crippen molar-refractivity contribution in [3.8, 4) is 12.3 Å². The lowest BCUT2D eigenvalue weighted by molar-refractivity contribution is -0.125. The Morgan fingerprint density at radius 3 is 3.15 bits per heavy atom. The molecule has 1 rings (SSSR count). The van der Waals surface area contributed by atoms with Crippen molar-refractivity contribution in [1.29, 1.82) is 0 Å². The largest absolute Gasteiger partial charge is 0.375 e. The van der Waals surface area contributed by atoms with Gasteiger partial charge in [-0.25, -0.2) is 0 Å². The van der Waals surface area contributed by atoms with Gasteiger partial charge in [-0.2, -0.15) is 0 Å². The van der Waals surface area contributed by atoms with E-state index in [1.165, 1.54) is 0 Å². The standard InChI is InChI=1S/C9H14N2O2/c1-2-9(12)11-4-3-5-13-8(6-10)7-11/h1,8H,3-7,10H2. The number of ether oxygens (including phenoxy) is 1. The van der Waals surface area contributed by atoms with Crippen LogP contribution in [0.4, 0.5) is 0 Å². The highest BCUT2D eigenvalue weighted by Crippen LogP contribution is 2.04. The van der Waals surface area contributed by atoms with Crippen LogP contribution in [0.15, 0.2) is 0 Å². The Labute approximate surface area is 78.0 Å². The van der Waals surface area contributed by atoms with Crippen molar-refractivity contribution in [1.82, 2.24) is 4.90 Å². The SMILES string of the molecule is C#CC(=O)N1CCCOC(CN)C1. The number of hydrogen-bond acceptors (Lipinski definition) is 3. The second kappa shape index (κ2) is 4.85. The van der Waals surface area contributed by atoms with Gasteiger partial charge >= 0.3 is 0 Å². The van der Waals surface area contributed by atoms with Crippen LogP contribution in [-0.4, -0.2) is 43.2 Å². The fraction of sp³-hybridized carbons (Fsp3) is 0.667. The molecule has 1 atom stereocenters. The first kappa shape index (κ1) is 10.0. The van der Waals surface area contributed by atoms with E-state index in [2.05, 4.69) is 5.92 Å². The molecule has 0 radical (unpaired) electrons. The minimum atomic E-state index is -0.274. The Morgan fingerprint density at radius 1 is 1.77 bits per heavy atom. The van der Waals surface area contributed by atoms with Gasteiger partial charge in [0.05, 0.1) is 6.10 Å². The Morgan fingerprint density at radius 2 is 2.54 bits per heavy atom. The van der Waals surface area contributed by atoms with E-state index in [4.69, 9.17) is 16.9 Å². The smallest absolute Gasteiger partial charge is 0.298 e. The van der Waals surface area contributed by atoms with Crippen LogP contribution in [0.3, 0.4) is 0 Å². The molecule has 0 aromatic rings. The zero-order chi connectivity index (χ0) is 9.68. The molecule has 4 heteroatoms. The number of hydrogen-bond donors (Lipinski definition) is 1. The molecule has 1 heterocycles. The molecule has 0 spiro atoms. The van der Waals surface area contributed by atoms with Crippen LogP contribution in [0, 0.1) is 12.3 Å². The second-order valence-corrected chi connectivity index (χ2v) is 2.98. The minimum absolute atomic E-state index is 0.0696. The van der Waals surface area contributed by atoms with E-state index in [0.717, 1.165) is 6.42 Å². The maximum Gasteiger partial charge on any atom is 0.298 e. The third-order valence-electron chi connectivity index (χ3n) is 2.02. The highest BCUT2D eigenvalue weighted by molar-refractivity contribution is 5.92. The summed E-state index contributed by atoms with van der Waals surface area (Å²) in [6.45, 7) is 2.25. The monoisotopic (exact) mass is 182 g/mol. The van der Waals surface area contributed by atoms with Crippen molar-refractivity contribution in [2.24, 2.45) is 5.73 Å². The summed E-state index contributed by atoms with van der Waals surface area (Å²) < 4.78 is 5.39. The zero-order valence-corrected chi connectivity index (χ0v) is 7.53. The fourth-order valence-corrected chi connectivity index (χ4v) is 1.31. The van der Waals surface area contributed by atoms with Crippen molar-refractivity contribution in [2.75, 3.05) is 26.2 Å². The van der Waals surface area contributed by atoms with Gasteiger partial charge in [0, 0.05) is 26.2 Å². The molecule has 0 aromatic heterocycles. The normalized spacial score (nSPS) is 23.4. The Bertz CT molecular complexity index is 222. The molecule has 1 amide bonds. The molecule has 13 heavy (non-hydrogen) atoms. The van der Waals surface area contributed by atoms with Crippen LogP contribution < -0.4 is 5.73 Å². The Kier molecular flexibility index (Phi) is 3.74. The molecule has 0 aliphatic carbocycles. The maximum absolute atomic E-state index is 11.2. The first-order valence-corrected chi connectivity index (χ1v) is 4.35. The minimum Gasteiger partial charge on any atom is -0.375 e. The van der Waals surface area contributed by atoms with Gasteiger partial charge in [-0.15, -0.1) is 6.42 Å². The van der Waals surface area contributed by atoms with Gasteiger partial charge in [0.2, 0.25) is 0 Å². The van der Waals surface area contributed by atoms with Gasteiger partial charge < -0.3 is 15.4 Å². The van der Waals surface area contributed by atoms with E-state index in [1.54, 1.807) is 4.90 Å². The van der Waals surface area contributed by atoms with Gasteiger partial charge in [0.1, 0.15) is 0 Å². The zero-order valence-electron chi connectivity index (χ0n) is 7.53. The summed E-state index contributed by atoms with van der Waals surface area (Å²) in [6, 6.07) is 0. The van der Waals surface area contributed by atoms with Crippen LogP contribution in [0.2, 0.25) is 0 Å². The van der Waals surface area contributed by atoms with Crippen molar-refractivity contribution in [3.05, 3.63) is 0 Å². The van der Waals surface area contributed by atoms with E-state index in [-0.39, 0.29) is 12.0 Å². The van der Waals surface area contributed by atoms with E-state index >= 15 is 0 Å². The van der Waals surface area contributed by atoms with Crippen LogP contribution in [0.5, 0.6) is 0 Å². The summed E-state index contributed by atoms with van der Waals surface area (Å²) in [5.74, 6) is 1.82. The highest BCUT2D eigenvalue weighted by Gasteiger charge is 2.19. The maximum atomic E-state index is 11.2. The molecule has 1 saturated heterocycles. The van der Waals surface area contributed by atoms with E-state index in [1.807, 2.05) is 0 Å². The van der Waals surface area contributed by atoms with E-state index in [9.17, 15) is 4.79 Å². The predicted molar refractivity (Wildman–Crippen MR) is 48.8 cm³/mol. The topological polar surface area (TPSA) is 55.6 Å². The van der Waals surface area contributed by atoms with Crippen LogP contribution >= 0.6 is 0 Å². The number of carbonyl (C=O) groups excluding carboxylic acids is 1. The molecule has 1 aliphatic heterocycles. The van der Waals surface area contributed by atoms with Gasteiger partial charge in [-0.3, -0.25) is 4.79 Å². The molecule has 0 aromatic carbocycles. The fourth-order valence-electron chi connectivity index (χ4n) is 1.31. The van der Waals surface area contributed by atoms with E-state index < -0.39 is 0 Å². The third kappa shape index (κ3) is 2.72. The first-order chi connectivity index (χ1) is 6.27. The summed E-state index contributed by atoms with van der Waals surface area (Å²) in [5, 5.41) is 0. The number of nitrogens with two attached hydrogens (primary N) is 1. The first-order valence-electron chi connectivity index (χ1n) is 4.35. The summed E-state index contributed by atoms with van der Waals surface area (Å²) in [5.41, 5.74) is 5.46. The molecule has 1 aliphatic rings. The summed E-state index contributed by atoms with van der Waals surface area (Å²) in [4.78, 5) is 12.8. The second-order valence-electron chi connectivity index (χ2n) is 2.98. The van der Waals surface area contributed by atoms with E-state index in [0.29, 0.717) is 26.2 Å². The van der Waals surface area contributed by atoms with Crippen LogP contribution in [0.25, 0.3) is 0 Å². The van der Waals surface area contributed by atoms with Crippen LogP contribution in [0.1, 0.15) is 6.42 Å². The number of carbonyl (C=O) groups is 1. The molecule has 2 N–H and O–H groups in total. The van der Waals surface area contributed by atoms with Gasteiger partial charge in [0.15, 0.2) is 0 Å².